The number of aromatic hydroxyl groups is 1. The number of benzene rings is 2. The van der Waals surface area contributed by atoms with Gasteiger partial charge < -0.3 is 15.5 Å². The second-order valence-corrected chi connectivity index (χ2v) is 6.32. The Kier molecular flexibility index (Phi) is 6.50. The number of phenols is 1. The molecular weight excluding hydrogens is 320 g/mol. The van der Waals surface area contributed by atoms with E-state index in [4.69, 9.17) is 0 Å². The van der Waals surface area contributed by atoms with Gasteiger partial charge in [-0.2, -0.15) is 0 Å². The highest BCUT2D eigenvalue weighted by molar-refractivity contribution is 5.34. The van der Waals surface area contributed by atoms with E-state index in [9.17, 15) is 20.3 Å². The van der Waals surface area contributed by atoms with Crippen molar-refractivity contribution in [2.75, 3.05) is 6.54 Å². The van der Waals surface area contributed by atoms with E-state index in [1.54, 1.807) is 36.4 Å². The number of hydrogen-bond donors (Lipinski definition) is 3. The highest BCUT2D eigenvalue weighted by atomic mass is 16.6. The molecule has 1 unspecified atom stereocenters. The van der Waals surface area contributed by atoms with Crippen molar-refractivity contribution in [1.29, 1.82) is 0 Å². The van der Waals surface area contributed by atoms with E-state index in [2.05, 4.69) is 12.2 Å². The molecule has 25 heavy (non-hydrogen) atoms. The van der Waals surface area contributed by atoms with Gasteiger partial charge in [-0.3, -0.25) is 10.1 Å². The highest BCUT2D eigenvalue weighted by Gasteiger charge is 2.16. The minimum Gasteiger partial charge on any atom is -0.508 e. The number of rotatable bonds is 8. The van der Waals surface area contributed by atoms with Crippen molar-refractivity contribution in [3.05, 3.63) is 69.8 Å². The Morgan fingerprint density at radius 3 is 2.16 bits per heavy atom. The van der Waals surface area contributed by atoms with Gasteiger partial charge in [0.2, 0.25) is 0 Å². The topological polar surface area (TPSA) is 95.6 Å². The van der Waals surface area contributed by atoms with Crippen LogP contribution in [0.4, 0.5) is 5.69 Å². The molecule has 2 aromatic carbocycles. The number of hydrogen-bond acceptors (Lipinski definition) is 5. The van der Waals surface area contributed by atoms with E-state index in [0.717, 1.165) is 17.5 Å². The Balaban J connectivity index is 1.82. The molecule has 0 amide bonds. The van der Waals surface area contributed by atoms with Crippen LogP contribution in [0.3, 0.4) is 0 Å². The first-order valence-corrected chi connectivity index (χ1v) is 8.33. The van der Waals surface area contributed by atoms with E-state index in [0.29, 0.717) is 6.54 Å². The maximum atomic E-state index is 10.7. The molecule has 0 saturated heterocycles. The highest BCUT2D eigenvalue weighted by Crippen LogP contribution is 2.23. The average Bonchev–Trinajstić information content (AvgIpc) is 2.61. The van der Waals surface area contributed by atoms with Crippen LogP contribution in [-0.4, -0.2) is 27.7 Å². The number of nitrogens with one attached hydrogen (secondary N) is 1. The largest absolute Gasteiger partial charge is 0.508 e. The van der Waals surface area contributed by atoms with Crippen LogP contribution in [0.1, 0.15) is 43.4 Å². The molecule has 0 saturated carbocycles. The molecule has 0 fully saturated rings. The number of non-ortho nitro benzene ring substituents is 1. The lowest BCUT2D eigenvalue weighted by Gasteiger charge is -2.22. The zero-order valence-corrected chi connectivity index (χ0v) is 14.4. The molecule has 2 rings (SSSR count). The van der Waals surface area contributed by atoms with Gasteiger partial charge in [-0.25, -0.2) is 0 Å². The number of aliphatic hydroxyl groups is 1. The van der Waals surface area contributed by atoms with E-state index in [-0.39, 0.29) is 23.4 Å². The molecule has 0 bridgehead atoms. The number of nitro benzene ring substituents is 1. The van der Waals surface area contributed by atoms with E-state index >= 15 is 0 Å². The maximum Gasteiger partial charge on any atom is 0.269 e. The van der Waals surface area contributed by atoms with Gasteiger partial charge in [0, 0.05) is 18.2 Å². The van der Waals surface area contributed by atoms with E-state index < -0.39 is 11.0 Å². The minimum atomic E-state index is -0.657. The average molecular weight is 344 g/mol. The monoisotopic (exact) mass is 344 g/mol. The fourth-order valence-electron chi connectivity index (χ4n) is 2.69. The molecule has 0 spiro atoms. The minimum absolute atomic E-state index is 0.0970. The molecule has 0 aliphatic heterocycles. The molecule has 6 heteroatoms. The SMILES string of the molecule is CC(CCN[C@@H](C)[C@H](O)c1ccc(O)cc1)c1ccc([N+](=O)[O-])cc1. The van der Waals surface area contributed by atoms with Crippen molar-refractivity contribution in [3.63, 3.8) is 0 Å². The van der Waals surface area contributed by atoms with Crippen molar-refractivity contribution in [2.24, 2.45) is 0 Å². The van der Waals surface area contributed by atoms with Crippen LogP contribution in [-0.2, 0) is 0 Å². The fraction of sp³-hybridized carbons (Fsp3) is 0.368. The summed E-state index contributed by atoms with van der Waals surface area (Å²) in [5, 5.41) is 33.6. The summed E-state index contributed by atoms with van der Waals surface area (Å²) in [5.74, 6) is 0.430. The molecule has 2 aromatic rings. The standard InChI is InChI=1S/C19H24N2O4/c1-13(15-3-7-17(8-4-15)21(24)25)11-12-20-14(2)19(23)16-5-9-18(22)10-6-16/h3-10,13-14,19-20,22-23H,11-12H2,1-2H3/t13?,14-,19-/m0/s1. The van der Waals surface area contributed by atoms with Crippen molar-refractivity contribution in [3.8, 4) is 5.75 Å². The number of aliphatic hydroxyl groups excluding tert-OH is 1. The van der Waals surface area contributed by atoms with Gasteiger partial charge in [0.25, 0.3) is 5.69 Å². The lowest BCUT2D eigenvalue weighted by molar-refractivity contribution is -0.384. The second-order valence-electron chi connectivity index (χ2n) is 6.32. The van der Waals surface area contributed by atoms with Crippen molar-refractivity contribution in [2.45, 2.75) is 38.3 Å². The summed E-state index contributed by atoms with van der Waals surface area (Å²) in [6.07, 6.45) is 0.194. The molecular formula is C19H24N2O4. The van der Waals surface area contributed by atoms with E-state index in [1.807, 2.05) is 6.92 Å². The lowest BCUT2D eigenvalue weighted by atomic mass is 9.97. The van der Waals surface area contributed by atoms with Gasteiger partial charge in [-0.1, -0.05) is 31.2 Å². The number of phenolic OH excluding ortho intramolecular Hbond substituents is 1. The summed E-state index contributed by atoms with van der Waals surface area (Å²) in [4.78, 5) is 10.3. The molecule has 3 atom stereocenters. The lowest BCUT2D eigenvalue weighted by Crippen LogP contribution is -2.33. The summed E-state index contributed by atoms with van der Waals surface area (Å²) in [5.41, 5.74) is 1.90. The van der Waals surface area contributed by atoms with Gasteiger partial charge in [0.15, 0.2) is 0 Å². The summed E-state index contributed by atoms with van der Waals surface area (Å²) >= 11 is 0. The van der Waals surface area contributed by atoms with Gasteiger partial charge in [-0.05, 0) is 49.1 Å². The summed E-state index contributed by atoms with van der Waals surface area (Å²) in [6, 6.07) is 13.0. The first-order chi connectivity index (χ1) is 11.9. The third kappa shape index (κ3) is 5.27. The Bertz CT molecular complexity index is 686. The van der Waals surface area contributed by atoms with Crippen LogP contribution in [0.2, 0.25) is 0 Å². The van der Waals surface area contributed by atoms with Crippen LogP contribution in [0, 0.1) is 10.1 Å². The number of nitrogens with zero attached hydrogens (tertiary/aromatic N) is 1. The normalized spacial score (nSPS) is 14.7. The van der Waals surface area contributed by atoms with Crippen molar-refractivity contribution in [1.82, 2.24) is 5.32 Å². The Hall–Kier alpha value is -2.44. The second kappa shape index (κ2) is 8.60. The summed E-state index contributed by atoms with van der Waals surface area (Å²) in [6.45, 7) is 4.70. The molecule has 0 aliphatic carbocycles. The summed E-state index contributed by atoms with van der Waals surface area (Å²) < 4.78 is 0. The zero-order chi connectivity index (χ0) is 18.4. The van der Waals surface area contributed by atoms with Crippen LogP contribution >= 0.6 is 0 Å². The van der Waals surface area contributed by atoms with Gasteiger partial charge >= 0.3 is 0 Å². The van der Waals surface area contributed by atoms with Gasteiger partial charge in [-0.15, -0.1) is 0 Å². The zero-order valence-electron chi connectivity index (χ0n) is 14.4. The van der Waals surface area contributed by atoms with Crippen molar-refractivity contribution >= 4 is 5.69 Å². The molecule has 6 nitrogen and oxygen atoms in total. The maximum absolute atomic E-state index is 10.7. The van der Waals surface area contributed by atoms with E-state index in [1.165, 1.54) is 12.1 Å². The van der Waals surface area contributed by atoms with Crippen LogP contribution in [0.5, 0.6) is 5.75 Å². The third-order valence-corrected chi connectivity index (χ3v) is 4.42. The predicted octanol–water partition coefficient (Wildman–Crippen LogP) is 3.51. The predicted molar refractivity (Wildman–Crippen MR) is 96.7 cm³/mol. The molecule has 0 heterocycles. The quantitative estimate of drug-likeness (QED) is 0.503. The molecule has 0 aromatic heterocycles. The Labute approximate surface area is 147 Å². The first kappa shape index (κ1) is 18.9. The number of nitro groups is 1. The first-order valence-electron chi connectivity index (χ1n) is 8.33. The summed E-state index contributed by atoms with van der Waals surface area (Å²) in [7, 11) is 0. The molecule has 0 radical (unpaired) electrons. The van der Waals surface area contributed by atoms with Crippen LogP contribution < -0.4 is 5.32 Å². The molecule has 134 valence electrons. The Morgan fingerprint density at radius 2 is 1.60 bits per heavy atom. The molecule has 3 N–H and O–H groups in total. The fourth-order valence-corrected chi connectivity index (χ4v) is 2.69. The Morgan fingerprint density at radius 1 is 1.04 bits per heavy atom. The van der Waals surface area contributed by atoms with Crippen molar-refractivity contribution < 1.29 is 15.1 Å². The smallest absolute Gasteiger partial charge is 0.269 e. The third-order valence-electron chi connectivity index (χ3n) is 4.42. The van der Waals surface area contributed by atoms with Crippen LogP contribution in [0.15, 0.2) is 48.5 Å². The van der Waals surface area contributed by atoms with Gasteiger partial charge in [0.05, 0.1) is 11.0 Å². The van der Waals surface area contributed by atoms with Crippen LogP contribution in [0.25, 0.3) is 0 Å². The van der Waals surface area contributed by atoms with Gasteiger partial charge in [0.1, 0.15) is 5.75 Å². The molecule has 0 aliphatic rings.